The number of para-hydroxylation sites is 1. The fourth-order valence-electron chi connectivity index (χ4n) is 2.45. The number of nitrogens with one attached hydrogen (secondary N) is 1. The summed E-state index contributed by atoms with van der Waals surface area (Å²) in [4.78, 5) is 12.4. The lowest BCUT2D eigenvalue weighted by molar-refractivity contribution is -0.112. The Labute approximate surface area is 157 Å². The molecule has 0 saturated carbocycles. The van der Waals surface area contributed by atoms with Crippen molar-refractivity contribution < 1.29 is 9.53 Å². The maximum absolute atomic E-state index is 12.4. The van der Waals surface area contributed by atoms with Gasteiger partial charge in [0.25, 0.3) is 5.91 Å². The molecular weight excluding hydrogens is 340 g/mol. The van der Waals surface area contributed by atoms with E-state index in [0.717, 1.165) is 11.4 Å². The largest absolute Gasteiger partial charge is 0.494 e. The molecule has 0 spiro atoms. The molecule has 3 aromatic rings. The molecule has 0 unspecified atom stereocenters. The number of hydrogen-bond donors (Lipinski definition) is 1. The summed E-state index contributed by atoms with van der Waals surface area (Å²) in [6, 6.07) is 18.5. The minimum atomic E-state index is -0.478. The molecule has 0 fully saturated rings. The van der Waals surface area contributed by atoms with Crippen LogP contribution in [0.2, 0.25) is 0 Å². The van der Waals surface area contributed by atoms with Crippen molar-refractivity contribution >= 4 is 17.7 Å². The van der Waals surface area contributed by atoms with Gasteiger partial charge in [-0.1, -0.05) is 18.2 Å². The molecule has 1 amide bonds. The summed E-state index contributed by atoms with van der Waals surface area (Å²) >= 11 is 0. The average molecular weight is 358 g/mol. The lowest BCUT2D eigenvalue weighted by atomic mass is 10.2. The summed E-state index contributed by atoms with van der Waals surface area (Å²) in [5.74, 6) is 0.244. The van der Waals surface area contributed by atoms with E-state index in [0.29, 0.717) is 17.9 Å². The maximum atomic E-state index is 12.4. The monoisotopic (exact) mass is 358 g/mol. The maximum Gasteiger partial charge on any atom is 0.266 e. The summed E-state index contributed by atoms with van der Waals surface area (Å²) < 4.78 is 7.05. The van der Waals surface area contributed by atoms with Crippen LogP contribution in [0.1, 0.15) is 12.5 Å². The number of rotatable bonds is 6. The van der Waals surface area contributed by atoms with Gasteiger partial charge in [-0.2, -0.15) is 10.4 Å². The lowest BCUT2D eigenvalue weighted by Crippen LogP contribution is -2.13. The molecule has 1 N–H and O–H groups in total. The van der Waals surface area contributed by atoms with Crippen LogP contribution in [-0.4, -0.2) is 22.3 Å². The summed E-state index contributed by atoms with van der Waals surface area (Å²) in [5.41, 5.74) is 2.15. The second-order valence-corrected chi connectivity index (χ2v) is 5.64. The number of hydrogen-bond acceptors (Lipinski definition) is 4. The molecule has 0 aliphatic heterocycles. The lowest BCUT2D eigenvalue weighted by Gasteiger charge is -2.06. The molecule has 134 valence electrons. The van der Waals surface area contributed by atoms with Crippen molar-refractivity contribution in [2.24, 2.45) is 0 Å². The van der Waals surface area contributed by atoms with E-state index in [2.05, 4.69) is 10.4 Å². The van der Waals surface area contributed by atoms with Crippen molar-refractivity contribution in [3.05, 3.63) is 78.1 Å². The molecule has 0 bridgehead atoms. The van der Waals surface area contributed by atoms with Crippen molar-refractivity contribution in [1.82, 2.24) is 9.78 Å². The number of carbonyl (C=O) groups excluding carboxylic acids is 1. The average Bonchev–Trinajstić information content (AvgIpc) is 3.17. The number of carbonyl (C=O) groups is 1. The second kappa shape index (κ2) is 8.50. The molecule has 0 radical (unpaired) electrons. The third kappa shape index (κ3) is 4.61. The highest BCUT2D eigenvalue weighted by molar-refractivity contribution is 6.09. The molecule has 0 aliphatic rings. The zero-order valence-electron chi connectivity index (χ0n) is 14.8. The first-order chi connectivity index (χ1) is 13.2. The minimum absolute atomic E-state index is 0.00324. The Morgan fingerprint density at radius 1 is 1.22 bits per heavy atom. The molecule has 6 nitrogen and oxygen atoms in total. The Kier molecular flexibility index (Phi) is 5.65. The third-order valence-corrected chi connectivity index (χ3v) is 3.72. The van der Waals surface area contributed by atoms with Gasteiger partial charge in [0.2, 0.25) is 0 Å². The van der Waals surface area contributed by atoms with Gasteiger partial charge in [0.15, 0.2) is 0 Å². The molecule has 0 atom stereocenters. The van der Waals surface area contributed by atoms with Gasteiger partial charge in [-0.15, -0.1) is 0 Å². The SMILES string of the molecule is CCOc1ccc(NC(=O)/C(C#N)=C/c2cnn(-c3ccccc3)c2)cc1. The molecule has 27 heavy (non-hydrogen) atoms. The Morgan fingerprint density at radius 2 is 1.96 bits per heavy atom. The van der Waals surface area contributed by atoms with Crippen LogP contribution in [0, 0.1) is 11.3 Å². The first-order valence-electron chi connectivity index (χ1n) is 8.45. The van der Waals surface area contributed by atoms with E-state index < -0.39 is 5.91 Å². The fraction of sp³-hybridized carbons (Fsp3) is 0.0952. The number of benzene rings is 2. The molecule has 3 rings (SSSR count). The number of aromatic nitrogens is 2. The van der Waals surface area contributed by atoms with E-state index in [1.165, 1.54) is 6.08 Å². The summed E-state index contributed by atoms with van der Waals surface area (Å²) in [6.07, 6.45) is 4.88. The topological polar surface area (TPSA) is 79.9 Å². The van der Waals surface area contributed by atoms with Gasteiger partial charge in [-0.05, 0) is 49.4 Å². The zero-order chi connectivity index (χ0) is 19.1. The fourth-order valence-corrected chi connectivity index (χ4v) is 2.45. The Hall–Kier alpha value is -3.85. The summed E-state index contributed by atoms with van der Waals surface area (Å²) in [7, 11) is 0. The van der Waals surface area contributed by atoms with Crippen LogP contribution in [0.25, 0.3) is 11.8 Å². The van der Waals surface area contributed by atoms with Gasteiger partial charge >= 0.3 is 0 Å². The van der Waals surface area contributed by atoms with Gasteiger partial charge in [-0.3, -0.25) is 4.79 Å². The van der Waals surface area contributed by atoms with E-state index >= 15 is 0 Å². The zero-order valence-corrected chi connectivity index (χ0v) is 14.8. The summed E-state index contributed by atoms with van der Waals surface area (Å²) in [6.45, 7) is 2.48. The molecular formula is C21H18N4O2. The number of nitriles is 1. The normalized spacial score (nSPS) is 10.9. The first kappa shape index (κ1) is 18.0. The number of amides is 1. The van der Waals surface area contributed by atoms with Crippen molar-refractivity contribution in [1.29, 1.82) is 5.26 Å². The molecule has 6 heteroatoms. The van der Waals surface area contributed by atoms with Gasteiger partial charge in [0, 0.05) is 17.4 Å². The van der Waals surface area contributed by atoms with Crippen molar-refractivity contribution in [2.45, 2.75) is 6.92 Å². The predicted molar refractivity (Wildman–Crippen MR) is 103 cm³/mol. The first-order valence-corrected chi connectivity index (χ1v) is 8.45. The van der Waals surface area contributed by atoms with Crippen LogP contribution >= 0.6 is 0 Å². The molecule has 0 saturated heterocycles. The number of nitrogens with zero attached hydrogens (tertiary/aromatic N) is 3. The third-order valence-electron chi connectivity index (χ3n) is 3.72. The Balaban J connectivity index is 1.73. The van der Waals surface area contributed by atoms with Gasteiger partial charge in [0.05, 0.1) is 18.5 Å². The molecule has 1 aromatic heterocycles. The van der Waals surface area contributed by atoms with E-state index in [9.17, 15) is 10.1 Å². The van der Waals surface area contributed by atoms with Crippen molar-refractivity contribution in [2.75, 3.05) is 11.9 Å². The highest BCUT2D eigenvalue weighted by Crippen LogP contribution is 2.17. The van der Waals surface area contributed by atoms with Crippen LogP contribution in [0.5, 0.6) is 5.75 Å². The Morgan fingerprint density at radius 3 is 2.63 bits per heavy atom. The summed E-state index contributed by atoms with van der Waals surface area (Å²) in [5, 5.41) is 16.3. The standard InChI is InChI=1S/C21H18N4O2/c1-2-27-20-10-8-18(9-11-20)24-21(26)17(13-22)12-16-14-23-25(15-16)19-6-4-3-5-7-19/h3-12,14-15H,2H2,1H3,(H,24,26)/b17-12+. The smallest absolute Gasteiger partial charge is 0.266 e. The van der Waals surface area contributed by atoms with Crippen molar-refractivity contribution in [3.63, 3.8) is 0 Å². The van der Waals surface area contributed by atoms with Gasteiger partial charge in [-0.25, -0.2) is 4.68 Å². The quantitative estimate of drug-likeness (QED) is 0.537. The van der Waals surface area contributed by atoms with Crippen LogP contribution < -0.4 is 10.1 Å². The minimum Gasteiger partial charge on any atom is -0.494 e. The molecule has 0 aliphatic carbocycles. The van der Waals surface area contributed by atoms with Crippen LogP contribution in [0.3, 0.4) is 0 Å². The highest BCUT2D eigenvalue weighted by Gasteiger charge is 2.10. The van der Waals surface area contributed by atoms with E-state index in [1.807, 2.05) is 43.3 Å². The number of anilines is 1. The Bertz CT molecular complexity index is 983. The van der Waals surface area contributed by atoms with E-state index in [4.69, 9.17) is 4.74 Å². The van der Waals surface area contributed by atoms with Crippen LogP contribution in [0.4, 0.5) is 5.69 Å². The number of ether oxygens (including phenoxy) is 1. The van der Waals surface area contributed by atoms with Gasteiger partial charge in [0.1, 0.15) is 17.4 Å². The van der Waals surface area contributed by atoms with Crippen molar-refractivity contribution in [3.8, 4) is 17.5 Å². The molecule has 2 aromatic carbocycles. The van der Waals surface area contributed by atoms with E-state index in [1.54, 1.807) is 41.3 Å². The van der Waals surface area contributed by atoms with Crippen LogP contribution in [-0.2, 0) is 4.79 Å². The highest BCUT2D eigenvalue weighted by atomic mass is 16.5. The van der Waals surface area contributed by atoms with Crippen LogP contribution in [0.15, 0.2) is 72.6 Å². The van der Waals surface area contributed by atoms with E-state index in [-0.39, 0.29) is 5.57 Å². The molecule has 1 heterocycles. The second-order valence-electron chi connectivity index (χ2n) is 5.64. The predicted octanol–water partition coefficient (Wildman–Crippen LogP) is 3.82. The van der Waals surface area contributed by atoms with Gasteiger partial charge < -0.3 is 10.1 Å².